The van der Waals surface area contributed by atoms with Crippen LogP contribution in [0.15, 0.2) is 54.6 Å². The number of aryl methyl sites for hydroxylation is 1. The number of ether oxygens (including phenoxy) is 1. The van der Waals surface area contributed by atoms with Crippen LogP contribution in [0.1, 0.15) is 42.1 Å². The van der Waals surface area contributed by atoms with Crippen molar-refractivity contribution in [2.24, 2.45) is 0 Å². The Labute approximate surface area is 162 Å². The van der Waals surface area contributed by atoms with Gasteiger partial charge in [-0.2, -0.15) is 0 Å². The molecule has 2 aromatic rings. The van der Waals surface area contributed by atoms with E-state index in [1.54, 1.807) is 0 Å². The lowest BCUT2D eigenvalue weighted by Gasteiger charge is -2.36. The number of aliphatic hydroxyl groups is 2. The summed E-state index contributed by atoms with van der Waals surface area (Å²) in [7, 11) is 0. The molecular formula is C23H31NO3. The topological polar surface area (TPSA) is 52.9 Å². The fourth-order valence-electron chi connectivity index (χ4n) is 3.91. The highest BCUT2D eigenvalue weighted by Crippen LogP contribution is 2.28. The monoisotopic (exact) mass is 369 g/mol. The number of benzene rings is 2. The van der Waals surface area contributed by atoms with Crippen LogP contribution < -0.4 is 0 Å². The highest BCUT2D eigenvalue weighted by Gasteiger charge is 2.25. The minimum atomic E-state index is -0.576. The Hall–Kier alpha value is -1.72. The van der Waals surface area contributed by atoms with Crippen molar-refractivity contribution in [2.75, 3.05) is 26.3 Å². The molecule has 2 N–H and O–H groups in total. The van der Waals surface area contributed by atoms with E-state index in [9.17, 15) is 10.2 Å². The largest absolute Gasteiger partial charge is 0.395 e. The maximum Gasteiger partial charge on any atom is 0.108 e. The first-order valence-corrected chi connectivity index (χ1v) is 9.94. The van der Waals surface area contributed by atoms with Gasteiger partial charge in [0.2, 0.25) is 0 Å². The van der Waals surface area contributed by atoms with Crippen LogP contribution >= 0.6 is 0 Å². The fraction of sp³-hybridized carbons (Fsp3) is 0.478. The van der Waals surface area contributed by atoms with Gasteiger partial charge in [-0.3, -0.25) is 4.90 Å². The second kappa shape index (κ2) is 10.00. The van der Waals surface area contributed by atoms with E-state index >= 15 is 0 Å². The summed E-state index contributed by atoms with van der Waals surface area (Å²) in [6.07, 6.45) is 2.50. The molecule has 4 nitrogen and oxygen atoms in total. The number of piperidine rings is 1. The molecule has 4 heteroatoms. The summed E-state index contributed by atoms with van der Waals surface area (Å²) in [5.41, 5.74) is 3.39. The first kappa shape index (κ1) is 20.0. The number of aliphatic hydroxyl groups excluding tert-OH is 2. The number of nitrogens with zero attached hydrogens (tertiary/aromatic N) is 1. The van der Waals surface area contributed by atoms with Crippen LogP contribution in [0.3, 0.4) is 0 Å². The van der Waals surface area contributed by atoms with E-state index in [-0.39, 0.29) is 25.4 Å². The predicted octanol–water partition coefficient (Wildman–Crippen LogP) is 3.31. The van der Waals surface area contributed by atoms with Gasteiger partial charge in [0.15, 0.2) is 0 Å². The van der Waals surface area contributed by atoms with Gasteiger partial charge in [-0.15, -0.1) is 0 Å². The number of rotatable bonds is 8. The highest BCUT2D eigenvalue weighted by atomic mass is 16.5. The molecule has 1 saturated heterocycles. The van der Waals surface area contributed by atoms with Gasteiger partial charge in [0.1, 0.15) is 6.10 Å². The third-order valence-electron chi connectivity index (χ3n) is 5.43. The van der Waals surface area contributed by atoms with Crippen molar-refractivity contribution in [2.45, 2.75) is 44.4 Å². The van der Waals surface area contributed by atoms with E-state index < -0.39 is 6.10 Å². The molecule has 1 fully saturated rings. The van der Waals surface area contributed by atoms with Crippen LogP contribution in [-0.4, -0.2) is 53.6 Å². The van der Waals surface area contributed by atoms with E-state index in [1.807, 2.05) is 30.3 Å². The van der Waals surface area contributed by atoms with E-state index in [2.05, 4.69) is 36.1 Å². The molecule has 0 aromatic heterocycles. The Balaban J connectivity index is 1.67. The van der Waals surface area contributed by atoms with Crippen molar-refractivity contribution < 1.29 is 14.9 Å². The first-order valence-electron chi connectivity index (χ1n) is 9.94. The Kier molecular flexibility index (Phi) is 7.41. The normalized spacial score (nSPS) is 20.3. The van der Waals surface area contributed by atoms with Crippen LogP contribution in [0.2, 0.25) is 0 Å². The summed E-state index contributed by atoms with van der Waals surface area (Å²) in [4.78, 5) is 2.20. The van der Waals surface area contributed by atoms with Crippen LogP contribution in [0.5, 0.6) is 0 Å². The van der Waals surface area contributed by atoms with E-state index in [4.69, 9.17) is 4.74 Å². The Morgan fingerprint density at radius 3 is 2.56 bits per heavy atom. The van der Waals surface area contributed by atoms with Gasteiger partial charge < -0.3 is 14.9 Å². The minimum absolute atomic E-state index is 0.156. The van der Waals surface area contributed by atoms with Crippen molar-refractivity contribution in [3.63, 3.8) is 0 Å². The Bertz CT molecular complexity index is 691. The molecule has 146 valence electrons. The number of likely N-dealkylation sites (tertiary alicyclic amines) is 1. The maximum absolute atomic E-state index is 10.6. The van der Waals surface area contributed by atoms with Gasteiger partial charge in [0, 0.05) is 12.6 Å². The third-order valence-corrected chi connectivity index (χ3v) is 5.43. The average molecular weight is 370 g/mol. The lowest BCUT2D eigenvalue weighted by molar-refractivity contribution is -0.0238. The first-order chi connectivity index (χ1) is 13.2. The molecule has 0 aliphatic carbocycles. The predicted molar refractivity (Wildman–Crippen MR) is 108 cm³/mol. The van der Waals surface area contributed by atoms with Crippen molar-refractivity contribution in [1.82, 2.24) is 4.90 Å². The second-order valence-corrected chi connectivity index (χ2v) is 7.46. The van der Waals surface area contributed by atoms with Gasteiger partial charge in [0.25, 0.3) is 0 Å². The van der Waals surface area contributed by atoms with Crippen LogP contribution in [0.25, 0.3) is 0 Å². The summed E-state index contributed by atoms with van der Waals surface area (Å²) in [6, 6.07) is 18.6. The SMILES string of the molecule is Cc1ccccc1[C@H](OC[C@H](O)CN1CCCC[C@@H]1CO)c1ccccc1. The third kappa shape index (κ3) is 5.39. The zero-order valence-electron chi connectivity index (χ0n) is 16.1. The number of hydrogen-bond acceptors (Lipinski definition) is 4. The number of β-amino-alcohol motifs (C(OH)–C–C–N with tert-alkyl or cyclic N) is 1. The van der Waals surface area contributed by atoms with Crippen LogP contribution in [-0.2, 0) is 4.74 Å². The molecule has 0 radical (unpaired) electrons. The van der Waals surface area contributed by atoms with Gasteiger partial charge in [-0.1, -0.05) is 61.0 Å². The molecule has 0 unspecified atom stereocenters. The molecule has 0 saturated carbocycles. The van der Waals surface area contributed by atoms with Gasteiger partial charge >= 0.3 is 0 Å². The molecule has 0 spiro atoms. The molecule has 3 atom stereocenters. The molecular weight excluding hydrogens is 338 g/mol. The highest BCUT2D eigenvalue weighted by molar-refractivity contribution is 5.35. The maximum atomic E-state index is 10.6. The molecule has 2 aromatic carbocycles. The molecule has 3 rings (SSSR count). The summed E-state index contributed by atoms with van der Waals surface area (Å²) in [5.74, 6) is 0. The average Bonchev–Trinajstić information content (AvgIpc) is 2.70. The molecule has 1 heterocycles. The van der Waals surface area contributed by atoms with E-state index in [1.165, 1.54) is 5.56 Å². The van der Waals surface area contributed by atoms with Crippen molar-refractivity contribution >= 4 is 0 Å². The molecule has 0 bridgehead atoms. The smallest absolute Gasteiger partial charge is 0.108 e. The standard InChI is InChI=1S/C23H31NO3/c1-18-9-5-6-13-22(18)23(19-10-3-2-4-11-19)27-17-21(26)15-24-14-8-7-12-20(24)16-25/h2-6,9-11,13,20-21,23,25-26H,7-8,12,14-17H2,1H3/t20-,21-,23-/m1/s1. The van der Waals surface area contributed by atoms with E-state index in [0.29, 0.717) is 6.54 Å². The summed E-state index contributed by atoms with van der Waals surface area (Å²) >= 11 is 0. The molecule has 1 aliphatic rings. The number of hydrogen-bond donors (Lipinski definition) is 2. The Morgan fingerprint density at radius 2 is 1.81 bits per heavy atom. The summed E-state index contributed by atoms with van der Waals surface area (Å²) < 4.78 is 6.23. The zero-order valence-corrected chi connectivity index (χ0v) is 16.1. The lowest BCUT2D eigenvalue weighted by Crippen LogP contribution is -2.46. The summed E-state index contributed by atoms with van der Waals surface area (Å²) in [6.45, 7) is 3.99. The van der Waals surface area contributed by atoms with Crippen LogP contribution in [0.4, 0.5) is 0 Å². The fourth-order valence-corrected chi connectivity index (χ4v) is 3.91. The van der Waals surface area contributed by atoms with Crippen molar-refractivity contribution in [3.05, 3.63) is 71.3 Å². The molecule has 1 aliphatic heterocycles. The zero-order chi connectivity index (χ0) is 19.1. The molecule has 27 heavy (non-hydrogen) atoms. The summed E-state index contributed by atoms with van der Waals surface area (Å²) in [5, 5.41) is 20.1. The lowest BCUT2D eigenvalue weighted by atomic mass is 9.97. The Morgan fingerprint density at radius 1 is 1.07 bits per heavy atom. The van der Waals surface area contributed by atoms with E-state index in [0.717, 1.165) is 36.9 Å². The van der Waals surface area contributed by atoms with Gasteiger partial charge in [-0.05, 0) is 43.0 Å². The van der Waals surface area contributed by atoms with Gasteiger partial charge in [0.05, 0.1) is 19.3 Å². The quantitative estimate of drug-likeness (QED) is 0.750. The minimum Gasteiger partial charge on any atom is -0.395 e. The second-order valence-electron chi connectivity index (χ2n) is 7.46. The van der Waals surface area contributed by atoms with Crippen molar-refractivity contribution in [3.8, 4) is 0 Å². The van der Waals surface area contributed by atoms with Gasteiger partial charge in [-0.25, -0.2) is 0 Å². The van der Waals surface area contributed by atoms with Crippen molar-refractivity contribution in [1.29, 1.82) is 0 Å². The molecule has 0 amide bonds. The van der Waals surface area contributed by atoms with Crippen LogP contribution in [0, 0.1) is 6.92 Å².